The van der Waals surface area contributed by atoms with Gasteiger partial charge in [-0.1, -0.05) is 62.0 Å². The Morgan fingerprint density at radius 2 is 1.68 bits per heavy atom. The Labute approximate surface area is 238 Å². The molecule has 2 aliphatic heterocycles. The minimum atomic E-state index is -1.56. The molecule has 8 unspecified atom stereocenters. The smallest absolute Gasteiger partial charge is 0.373 e. The Hall–Kier alpha value is -2.91. The summed E-state index contributed by atoms with van der Waals surface area (Å²) < 4.78 is 5.91. The molecule has 0 aromatic heterocycles. The molecular weight excluding hydrogens is 532 g/mol. The number of carbonyl (C=O) groups is 4. The third kappa shape index (κ3) is 5.77. The van der Waals surface area contributed by atoms with E-state index < -0.39 is 58.2 Å². The number of allylic oxidation sites excluding steroid dienone is 5. The van der Waals surface area contributed by atoms with Gasteiger partial charge in [0.25, 0.3) is 5.78 Å². The van der Waals surface area contributed by atoms with Crippen molar-refractivity contribution >= 4 is 35.3 Å². The number of fused-ring (bicyclic) bond motifs is 1. The normalized spacial score (nSPS) is 39.5. The van der Waals surface area contributed by atoms with E-state index in [2.05, 4.69) is 0 Å². The topological polar surface area (TPSA) is 138 Å². The van der Waals surface area contributed by atoms with E-state index in [4.69, 9.17) is 4.74 Å². The summed E-state index contributed by atoms with van der Waals surface area (Å²) in [6, 6.07) is 0. The maximum atomic E-state index is 14.0. The number of aliphatic hydroxyl groups is 2. The van der Waals surface area contributed by atoms with Gasteiger partial charge in [-0.05, 0) is 50.4 Å². The standard InChI is InChI=1S/C31H38O8S/c1-17-10-8-9-13-21(32)12-7-5-4-6-11-20-14-18(2)19(3)15-31(20)28(35)24(30(38)39-31)25(33)22-16-40-27(23(17)22)26(34)29(36)37/h4-9,14,17,19-23,27,32,35H,10-13,15-16H2,1-3H3,(H,36,37)/b6-4+,7-5-,9-8+. The third-order valence-electron chi connectivity index (χ3n) is 8.81. The van der Waals surface area contributed by atoms with Crippen LogP contribution in [0.1, 0.15) is 52.9 Å². The first-order chi connectivity index (χ1) is 19.0. The van der Waals surface area contributed by atoms with Crippen molar-refractivity contribution in [3.63, 3.8) is 0 Å². The lowest BCUT2D eigenvalue weighted by Gasteiger charge is -2.40. The summed E-state index contributed by atoms with van der Waals surface area (Å²) in [5.74, 6) is -6.37. The van der Waals surface area contributed by atoms with E-state index >= 15 is 0 Å². The Morgan fingerprint density at radius 1 is 1.02 bits per heavy atom. The van der Waals surface area contributed by atoms with Crippen LogP contribution in [0.2, 0.25) is 0 Å². The molecule has 0 aromatic rings. The Morgan fingerprint density at radius 3 is 2.38 bits per heavy atom. The largest absolute Gasteiger partial charge is 0.507 e. The summed E-state index contributed by atoms with van der Waals surface area (Å²) in [6.45, 7) is 5.83. The number of aliphatic carboxylic acids is 1. The molecule has 1 saturated heterocycles. The zero-order valence-electron chi connectivity index (χ0n) is 23.1. The zero-order valence-corrected chi connectivity index (χ0v) is 23.9. The van der Waals surface area contributed by atoms with E-state index in [0.29, 0.717) is 32.1 Å². The minimum absolute atomic E-state index is 0.00628. The van der Waals surface area contributed by atoms with Gasteiger partial charge in [-0.2, -0.15) is 0 Å². The summed E-state index contributed by atoms with van der Waals surface area (Å²) in [5, 5.41) is 30.4. The average Bonchev–Trinajstić information content (AvgIpc) is 3.44. The summed E-state index contributed by atoms with van der Waals surface area (Å²) in [7, 11) is 0. The molecular formula is C31H38O8S. The van der Waals surface area contributed by atoms with Crippen LogP contribution >= 0.6 is 11.8 Å². The first kappa shape index (κ1) is 30.1. The van der Waals surface area contributed by atoms with Gasteiger partial charge in [0.05, 0.1) is 11.4 Å². The molecule has 8 atom stereocenters. The second-order valence-electron chi connectivity index (χ2n) is 11.5. The van der Waals surface area contributed by atoms with E-state index in [1.165, 1.54) is 0 Å². The van der Waals surface area contributed by atoms with Crippen LogP contribution in [-0.4, -0.2) is 61.5 Å². The van der Waals surface area contributed by atoms with Gasteiger partial charge in [0.2, 0.25) is 0 Å². The number of esters is 1. The van der Waals surface area contributed by atoms with E-state index in [1.54, 1.807) is 0 Å². The number of carbonyl (C=O) groups excluding carboxylic acids is 3. The molecule has 3 N–H and O–H groups in total. The number of hydrogen-bond donors (Lipinski definition) is 3. The highest BCUT2D eigenvalue weighted by Gasteiger charge is 2.58. The second-order valence-corrected chi connectivity index (χ2v) is 12.7. The molecule has 216 valence electrons. The molecule has 40 heavy (non-hydrogen) atoms. The van der Waals surface area contributed by atoms with E-state index in [-0.39, 0.29) is 28.9 Å². The molecule has 2 heterocycles. The van der Waals surface area contributed by atoms with Crippen molar-refractivity contribution in [2.75, 3.05) is 5.75 Å². The number of thioether (sulfide) groups is 1. The lowest BCUT2D eigenvalue weighted by Crippen LogP contribution is -2.44. The van der Waals surface area contributed by atoms with Gasteiger partial charge in [0.15, 0.2) is 17.1 Å². The molecule has 4 rings (SSSR count). The highest BCUT2D eigenvalue weighted by molar-refractivity contribution is 8.01. The molecule has 2 aliphatic carbocycles. The van der Waals surface area contributed by atoms with Crippen molar-refractivity contribution in [2.24, 2.45) is 29.6 Å². The Kier molecular flexibility index (Phi) is 9.25. The SMILES string of the molecule is CC1=CC2C/C=C/C=C\CC(O)C/C=C/CC(C)C3C(CSC3C(=O)C(=O)O)C(=O)C3=C(O)C2(CC1C)OC3=O. The second kappa shape index (κ2) is 12.3. The fraction of sp³-hybridized carbons (Fsp3) is 0.548. The molecule has 1 spiro atoms. The van der Waals surface area contributed by atoms with Gasteiger partial charge in [0.1, 0.15) is 5.57 Å². The fourth-order valence-corrected chi connectivity index (χ4v) is 8.12. The van der Waals surface area contributed by atoms with Crippen LogP contribution in [0.15, 0.2) is 59.4 Å². The van der Waals surface area contributed by atoms with Crippen molar-refractivity contribution < 1.29 is 39.2 Å². The van der Waals surface area contributed by atoms with Crippen molar-refractivity contribution in [2.45, 2.75) is 69.8 Å². The number of carboxylic acid groups (broad SMARTS) is 1. The van der Waals surface area contributed by atoms with Crippen LogP contribution < -0.4 is 0 Å². The number of ketones is 2. The van der Waals surface area contributed by atoms with Crippen LogP contribution in [0.5, 0.6) is 0 Å². The molecule has 4 aliphatic rings. The first-order valence-electron chi connectivity index (χ1n) is 13.9. The Bertz CT molecular complexity index is 1210. The highest BCUT2D eigenvalue weighted by atomic mass is 32.2. The number of aliphatic hydroxyl groups excluding tert-OH is 2. The number of ether oxygens (including phenoxy) is 1. The summed E-state index contributed by atoms with van der Waals surface area (Å²) >= 11 is 1.11. The maximum Gasteiger partial charge on any atom is 0.373 e. The van der Waals surface area contributed by atoms with Crippen molar-refractivity contribution in [1.82, 2.24) is 0 Å². The molecule has 0 saturated carbocycles. The van der Waals surface area contributed by atoms with Crippen molar-refractivity contribution in [1.29, 1.82) is 0 Å². The summed E-state index contributed by atoms with van der Waals surface area (Å²) in [5.41, 5.74) is -0.648. The lowest BCUT2D eigenvalue weighted by atomic mass is 9.69. The van der Waals surface area contributed by atoms with Gasteiger partial charge in [-0.25, -0.2) is 9.59 Å². The van der Waals surface area contributed by atoms with Crippen LogP contribution in [0.4, 0.5) is 0 Å². The lowest BCUT2D eigenvalue weighted by molar-refractivity contribution is -0.154. The average molecular weight is 571 g/mol. The number of carboxylic acids is 1. The van der Waals surface area contributed by atoms with Gasteiger partial charge < -0.3 is 20.1 Å². The minimum Gasteiger partial charge on any atom is -0.507 e. The molecule has 2 bridgehead atoms. The zero-order chi connectivity index (χ0) is 29.2. The Balaban J connectivity index is 1.79. The van der Waals surface area contributed by atoms with E-state index in [0.717, 1.165) is 17.3 Å². The number of Topliss-reactive ketones (excluding diaryl/α,β-unsaturated/α-hetero) is 2. The quantitative estimate of drug-likeness (QED) is 0.189. The molecule has 0 amide bonds. The molecule has 0 radical (unpaired) electrons. The fourth-order valence-electron chi connectivity index (χ4n) is 6.40. The van der Waals surface area contributed by atoms with E-state index in [1.807, 2.05) is 63.3 Å². The van der Waals surface area contributed by atoms with Crippen molar-refractivity contribution in [3.05, 3.63) is 59.4 Å². The predicted octanol–water partition coefficient (Wildman–Crippen LogP) is 4.51. The van der Waals surface area contributed by atoms with Crippen LogP contribution in [0.25, 0.3) is 0 Å². The highest BCUT2D eigenvalue weighted by Crippen LogP contribution is 2.51. The van der Waals surface area contributed by atoms with Crippen LogP contribution in [0.3, 0.4) is 0 Å². The van der Waals surface area contributed by atoms with Crippen molar-refractivity contribution in [3.8, 4) is 0 Å². The van der Waals surface area contributed by atoms with Gasteiger partial charge >= 0.3 is 11.9 Å². The number of rotatable bonds is 2. The molecule has 1 fully saturated rings. The van der Waals surface area contributed by atoms with Gasteiger partial charge in [-0.15, -0.1) is 11.8 Å². The predicted molar refractivity (Wildman–Crippen MR) is 151 cm³/mol. The van der Waals surface area contributed by atoms with E-state index in [9.17, 15) is 34.5 Å². The summed E-state index contributed by atoms with van der Waals surface area (Å²) in [6.07, 6.45) is 14.8. The third-order valence-corrected chi connectivity index (χ3v) is 10.2. The first-order valence-corrected chi connectivity index (χ1v) is 15.0. The number of hydrogen-bond acceptors (Lipinski definition) is 8. The van der Waals surface area contributed by atoms with Crippen LogP contribution in [-0.2, 0) is 23.9 Å². The molecule has 0 aromatic carbocycles. The van der Waals surface area contributed by atoms with Gasteiger partial charge in [-0.3, -0.25) is 9.59 Å². The maximum absolute atomic E-state index is 14.0. The molecule has 8 nitrogen and oxygen atoms in total. The van der Waals surface area contributed by atoms with Gasteiger partial charge in [0, 0.05) is 24.0 Å². The monoisotopic (exact) mass is 570 g/mol. The molecule has 9 heteroatoms. The summed E-state index contributed by atoms with van der Waals surface area (Å²) in [4.78, 5) is 51.6. The van der Waals surface area contributed by atoms with Crippen LogP contribution in [0, 0.1) is 29.6 Å².